The van der Waals surface area contributed by atoms with Gasteiger partial charge in [0.05, 0.1) is 9.67 Å². The Morgan fingerprint density at radius 1 is 1.58 bits per heavy atom. The van der Waals surface area contributed by atoms with Crippen LogP contribution in [0.25, 0.3) is 0 Å². The van der Waals surface area contributed by atoms with E-state index < -0.39 is 0 Å². The fourth-order valence-corrected chi connectivity index (χ4v) is 2.07. The lowest BCUT2D eigenvalue weighted by atomic mass is 10.4. The van der Waals surface area contributed by atoms with Crippen LogP contribution in [0.3, 0.4) is 0 Å². The van der Waals surface area contributed by atoms with Gasteiger partial charge < -0.3 is 4.74 Å². The Hall–Kier alpha value is 0.160. The smallest absolute Gasteiger partial charge is 0.227 e. The fourth-order valence-electron chi connectivity index (χ4n) is 0.712. The highest BCUT2D eigenvalue weighted by atomic mass is 127. The number of halogens is 2. The van der Waals surface area contributed by atoms with Gasteiger partial charge in [-0.2, -0.15) is 0 Å². The van der Waals surface area contributed by atoms with Crippen LogP contribution in [0.15, 0.2) is 16.7 Å². The van der Waals surface area contributed by atoms with Crippen LogP contribution >= 0.6 is 38.5 Å². The van der Waals surface area contributed by atoms with Gasteiger partial charge in [0.15, 0.2) is 0 Å². The molecule has 0 saturated heterocycles. The number of hydrogen-bond acceptors (Lipinski definition) is 2. The molecule has 0 aromatic carbocycles. The summed E-state index contributed by atoms with van der Waals surface area (Å²) in [6, 6.07) is 1.98. The second kappa shape index (κ2) is 4.41. The molecule has 0 saturated carbocycles. The van der Waals surface area contributed by atoms with Gasteiger partial charge in [0.2, 0.25) is 5.88 Å². The molecule has 0 amide bonds. The molecule has 1 heterocycles. The highest BCUT2D eigenvalue weighted by Crippen LogP contribution is 2.22. The van der Waals surface area contributed by atoms with Crippen molar-refractivity contribution in [3.8, 4) is 5.88 Å². The zero-order valence-corrected chi connectivity index (χ0v) is 10.6. The highest BCUT2D eigenvalue weighted by Gasteiger charge is 2.04. The van der Waals surface area contributed by atoms with E-state index in [1.165, 1.54) is 0 Å². The van der Waals surface area contributed by atoms with E-state index in [1.54, 1.807) is 6.20 Å². The standard InChI is InChI=1S/C8H9BrINO/c1-5(2)12-8-7(10)3-6(9)4-11-8/h3-5H,1-2H3. The van der Waals surface area contributed by atoms with Crippen LogP contribution in [0, 0.1) is 3.57 Å². The van der Waals surface area contributed by atoms with Crippen LogP contribution in [-0.2, 0) is 0 Å². The van der Waals surface area contributed by atoms with E-state index in [1.807, 2.05) is 19.9 Å². The third-order valence-corrected chi connectivity index (χ3v) is 2.33. The Labute approximate surface area is 94.0 Å². The van der Waals surface area contributed by atoms with Crippen molar-refractivity contribution in [2.45, 2.75) is 20.0 Å². The quantitative estimate of drug-likeness (QED) is 0.770. The maximum Gasteiger partial charge on any atom is 0.227 e. The van der Waals surface area contributed by atoms with E-state index >= 15 is 0 Å². The van der Waals surface area contributed by atoms with Crippen LogP contribution in [0.1, 0.15) is 13.8 Å². The predicted octanol–water partition coefficient (Wildman–Crippen LogP) is 3.24. The molecule has 0 spiro atoms. The largest absolute Gasteiger partial charge is 0.474 e. The van der Waals surface area contributed by atoms with Crippen molar-refractivity contribution in [3.05, 3.63) is 20.3 Å². The van der Waals surface area contributed by atoms with E-state index in [4.69, 9.17) is 4.74 Å². The summed E-state index contributed by atoms with van der Waals surface area (Å²) in [5.74, 6) is 0.703. The van der Waals surface area contributed by atoms with Crippen LogP contribution in [0.5, 0.6) is 5.88 Å². The molecular weight excluding hydrogens is 333 g/mol. The molecule has 2 nitrogen and oxygen atoms in total. The van der Waals surface area contributed by atoms with Gasteiger partial charge in [0.25, 0.3) is 0 Å². The Morgan fingerprint density at radius 3 is 2.75 bits per heavy atom. The summed E-state index contributed by atoms with van der Waals surface area (Å²) in [5.41, 5.74) is 0. The fraction of sp³-hybridized carbons (Fsp3) is 0.375. The molecule has 0 aliphatic rings. The lowest BCUT2D eigenvalue weighted by Crippen LogP contribution is -2.07. The van der Waals surface area contributed by atoms with Crippen LogP contribution in [0.2, 0.25) is 0 Å². The summed E-state index contributed by atoms with van der Waals surface area (Å²) >= 11 is 5.54. The van der Waals surface area contributed by atoms with Crippen LogP contribution in [-0.4, -0.2) is 11.1 Å². The molecular formula is C8H9BrINO. The molecule has 4 heteroatoms. The number of pyridine rings is 1. The first-order valence-electron chi connectivity index (χ1n) is 3.57. The van der Waals surface area contributed by atoms with Gasteiger partial charge in [0.1, 0.15) is 0 Å². The molecule has 1 aromatic heterocycles. The minimum Gasteiger partial charge on any atom is -0.474 e. The summed E-state index contributed by atoms with van der Waals surface area (Å²) in [7, 11) is 0. The molecule has 0 aliphatic heterocycles. The first-order valence-corrected chi connectivity index (χ1v) is 5.44. The van der Waals surface area contributed by atoms with Gasteiger partial charge in [0, 0.05) is 10.7 Å². The number of aromatic nitrogens is 1. The number of ether oxygens (including phenoxy) is 1. The van der Waals surface area contributed by atoms with Gasteiger partial charge in [-0.05, 0) is 58.4 Å². The monoisotopic (exact) mass is 341 g/mol. The number of nitrogens with zero attached hydrogens (tertiary/aromatic N) is 1. The summed E-state index contributed by atoms with van der Waals surface area (Å²) in [5, 5.41) is 0. The predicted molar refractivity (Wildman–Crippen MR) is 60.4 cm³/mol. The molecule has 1 aromatic rings. The zero-order valence-electron chi connectivity index (χ0n) is 6.84. The van der Waals surface area contributed by atoms with Gasteiger partial charge in [-0.25, -0.2) is 4.98 Å². The molecule has 0 radical (unpaired) electrons. The minimum atomic E-state index is 0.173. The van der Waals surface area contributed by atoms with Gasteiger partial charge in [-0.15, -0.1) is 0 Å². The lowest BCUT2D eigenvalue weighted by Gasteiger charge is -2.09. The second-order valence-electron chi connectivity index (χ2n) is 2.61. The highest BCUT2D eigenvalue weighted by molar-refractivity contribution is 14.1. The van der Waals surface area contributed by atoms with E-state index in [0.29, 0.717) is 5.88 Å². The SMILES string of the molecule is CC(C)Oc1ncc(Br)cc1I. The van der Waals surface area contributed by atoms with E-state index in [9.17, 15) is 0 Å². The third kappa shape index (κ3) is 2.90. The lowest BCUT2D eigenvalue weighted by molar-refractivity contribution is 0.230. The first-order chi connectivity index (χ1) is 5.59. The number of hydrogen-bond donors (Lipinski definition) is 0. The molecule has 0 N–H and O–H groups in total. The molecule has 66 valence electrons. The van der Waals surface area contributed by atoms with Crippen molar-refractivity contribution in [1.82, 2.24) is 4.98 Å². The third-order valence-electron chi connectivity index (χ3n) is 1.12. The summed E-state index contributed by atoms with van der Waals surface area (Å²) in [4.78, 5) is 4.14. The molecule has 0 aliphatic carbocycles. The van der Waals surface area contributed by atoms with Crippen molar-refractivity contribution in [1.29, 1.82) is 0 Å². The molecule has 12 heavy (non-hydrogen) atoms. The molecule has 1 rings (SSSR count). The van der Waals surface area contributed by atoms with Gasteiger partial charge in [-0.3, -0.25) is 0 Å². The summed E-state index contributed by atoms with van der Waals surface area (Å²) in [6.07, 6.45) is 1.91. The average Bonchev–Trinajstić information content (AvgIpc) is 1.94. The summed E-state index contributed by atoms with van der Waals surface area (Å²) < 4.78 is 7.46. The Morgan fingerprint density at radius 2 is 2.25 bits per heavy atom. The van der Waals surface area contributed by atoms with Crippen molar-refractivity contribution in [3.63, 3.8) is 0 Å². The maximum absolute atomic E-state index is 5.46. The van der Waals surface area contributed by atoms with Crippen molar-refractivity contribution < 1.29 is 4.74 Å². The van der Waals surface area contributed by atoms with E-state index in [0.717, 1.165) is 8.04 Å². The maximum atomic E-state index is 5.46. The normalized spacial score (nSPS) is 10.4. The van der Waals surface area contributed by atoms with Crippen LogP contribution in [0.4, 0.5) is 0 Å². The van der Waals surface area contributed by atoms with Gasteiger partial charge in [-0.1, -0.05) is 0 Å². The van der Waals surface area contributed by atoms with Gasteiger partial charge >= 0.3 is 0 Å². The van der Waals surface area contributed by atoms with E-state index in [-0.39, 0.29) is 6.10 Å². The van der Waals surface area contributed by atoms with Crippen molar-refractivity contribution in [2.75, 3.05) is 0 Å². The Balaban J connectivity index is 2.86. The molecule has 0 atom stereocenters. The van der Waals surface area contributed by atoms with Crippen molar-refractivity contribution in [2.24, 2.45) is 0 Å². The second-order valence-corrected chi connectivity index (χ2v) is 4.68. The Kier molecular flexibility index (Phi) is 3.77. The number of rotatable bonds is 2. The van der Waals surface area contributed by atoms with E-state index in [2.05, 4.69) is 43.5 Å². The minimum absolute atomic E-state index is 0.173. The molecule has 0 fully saturated rings. The first kappa shape index (κ1) is 10.2. The average molecular weight is 342 g/mol. The Bertz CT molecular complexity index is 278. The summed E-state index contributed by atoms with van der Waals surface area (Å²) in [6.45, 7) is 3.97. The zero-order chi connectivity index (χ0) is 9.14. The van der Waals surface area contributed by atoms with Crippen LogP contribution < -0.4 is 4.74 Å². The topological polar surface area (TPSA) is 22.1 Å². The molecule has 0 unspecified atom stereocenters. The van der Waals surface area contributed by atoms with Crippen molar-refractivity contribution >= 4 is 38.5 Å². The molecule has 0 bridgehead atoms.